The zero-order chi connectivity index (χ0) is 11.5. The number of hydrogen-bond acceptors (Lipinski definition) is 2. The highest BCUT2D eigenvalue weighted by Crippen LogP contribution is 2.32. The number of piperidine rings is 1. The Morgan fingerprint density at radius 3 is 2.62 bits per heavy atom. The van der Waals surface area contributed by atoms with Crippen LogP contribution in [0.15, 0.2) is 0 Å². The van der Waals surface area contributed by atoms with Crippen molar-refractivity contribution < 1.29 is 0 Å². The van der Waals surface area contributed by atoms with Crippen molar-refractivity contribution in [3.63, 3.8) is 0 Å². The summed E-state index contributed by atoms with van der Waals surface area (Å²) in [6.45, 7) is 5.79. The molecule has 2 nitrogen and oxygen atoms in total. The van der Waals surface area contributed by atoms with Crippen LogP contribution in [0, 0.1) is 5.92 Å². The first-order chi connectivity index (χ1) is 7.66. The number of likely N-dealkylation sites (N-methyl/N-ethyl adjacent to an activating group) is 1. The van der Waals surface area contributed by atoms with Crippen molar-refractivity contribution in [2.75, 3.05) is 13.6 Å². The van der Waals surface area contributed by atoms with Gasteiger partial charge in [-0.2, -0.15) is 0 Å². The predicted octanol–water partition coefficient (Wildman–Crippen LogP) is 2.64. The molecule has 0 aromatic rings. The Hall–Kier alpha value is -0.0800. The molecule has 0 aromatic heterocycles. The fraction of sp³-hybridized carbons (Fsp3) is 1.00. The lowest BCUT2D eigenvalue weighted by molar-refractivity contribution is 0.143. The minimum absolute atomic E-state index is 0.672. The molecular weight excluding hydrogens is 196 g/mol. The molecule has 3 atom stereocenters. The SMILES string of the molecule is CC(C)N(C)CC1CCC2CCCCC2N1. The van der Waals surface area contributed by atoms with E-state index in [1.165, 1.54) is 45.1 Å². The largest absolute Gasteiger partial charge is 0.310 e. The highest BCUT2D eigenvalue weighted by molar-refractivity contribution is 4.90. The van der Waals surface area contributed by atoms with E-state index in [2.05, 4.69) is 31.1 Å². The molecule has 16 heavy (non-hydrogen) atoms. The highest BCUT2D eigenvalue weighted by Gasteiger charge is 2.31. The Bertz CT molecular complexity index is 215. The third-order valence-corrected chi connectivity index (χ3v) is 4.63. The van der Waals surface area contributed by atoms with Crippen LogP contribution in [0.4, 0.5) is 0 Å². The van der Waals surface area contributed by atoms with Crippen LogP contribution >= 0.6 is 0 Å². The second-order valence-corrected chi connectivity index (χ2v) is 6.13. The van der Waals surface area contributed by atoms with Gasteiger partial charge in [0.2, 0.25) is 0 Å². The summed E-state index contributed by atoms with van der Waals surface area (Å²) >= 11 is 0. The molecular formula is C14H28N2. The summed E-state index contributed by atoms with van der Waals surface area (Å²) in [4.78, 5) is 2.47. The van der Waals surface area contributed by atoms with E-state index in [9.17, 15) is 0 Å². The van der Waals surface area contributed by atoms with Crippen molar-refractivity contribution in [3.8, 4) is 0 Å². The number of fused-ring (bicyclic) bond motifs is 1. The van der Waals surface area contributed by atoms with Crippen LogP contribution in [0.1, 0.15) is 52.4 Å². The third kappa shape index (κ3) is 2.98. The van der Waals surface area contributed by atoms with Crippen LogP contribution in [0.5, 0.6) is 0 Å². The average Bonchev–Trinajstić information content (AvgIpc) is 2.28. The second kappa shape index (κ2) is 5.50. The van der Waals surface area contributed by atoms with Gasteiger partial charge in [0.15, 0.2) is 0 Å². The molecule has 1 N–H and O–H groups in total. The molecule has 0 aromatic carbocycles. The van der Waals surface area contributed by atoms with E-state index in [-0.39, 0.29) is 0 Å². The molecule has 94 valence electrons. The lowest BCUT2D eigenvalue weighted by atomic mass is 9.77. The lowest BCUT2D eigenvalue weighted by Gasteiger charge is -2.42. The molecule has 0 bridgehead atoms. The van der Waals surface area contributed by atoms with Crippen LogP contribution in [-0.2, 0) is 0 Å². The number of hydrogen-bond donors (Lipinski definition) is 1. The smallest absolute Gasteiger partial charge is 0.0197 e. The monoisotopic (exact) mass is 224 g/mol. The molecule has 0 amide bonds. The maximum atomic E-state index is 3.90. The summed E-state index contributed by atoms with van der Waals surface area (Å²) in [6, 6.07) is 2.26. The number of rotatable bonds is 3. The van der Waals surface area contributed by atoms with Gasteiger partial charge >= 0.3 is 0 Å². The van der Waals surface area contributed by atoms with Crippen LogP contribution in [0.3, 0.4) is 0 Å². The van der Waals surface area contributed by atoms with Crippen LogP contribution in [0.25, 0.3) is 0 Å². The molecule has 3 unspecified atom stereocenters. The average molecular weight is 224 g/mol. The van der Waals surface area contributed by atoms with Crippen LogP contribution in [-0.4, -0.2) is 36.6 Å². The van der Waals surface area contributed by atoms with E-state index in [0.29, 0.717) is 6.04 Å². The zero-order valence-corrected chi connectivity index (χ0v) is 11.2. The van der Waals surface area contributed by atoms with Gasteiger partial charge < -0.3 is 10.2 Å². The van der Waals surface area contributed by atoms with Crippen molar-refractivity contribution in [1.82, 2.24) is 10.2 Å². The molecule has 2 rings (SSSR count). The second-order valence-electron chi connectivity index (χ2n) is 6.13. The first-order valence-corrected chi connectivity index (χ1v) is 7.13. The summed E-state index contributed by atoms with van der Waals surface area (Å²) in [5.74, 6) is 0.995. The summed E-state index contributed by atoms with van der Waals surface area (Å²) < 4.78 is 0. The van der Waals surface area contributed by atoms with Gasteiger partial charge in [-0.25, -0.2) is 0 Å². The van der Waals surface area contributed by atoms with Crippen LogP contribution in [0.2, 0.25) is 0 Å². The first kappa shape index (κ1) is 12.4. The molecule has 2 heteroatoms. The summed E-state index contributed by atoms with van der Waals surface area (Å²) in [7, 11) is 2.25. The molecule has 1 saturated carbocycles. The van der Waals surface area contributed by atoms with Gasteiger partial charge in [-0.1, -0.05) is 12.8 Å². The van der Waals surface area contributed by atoms with Gasteiger partial charge in [0.25, 0.3) is 0 Å². The minimum atomic E-state index is 0.672. The van der Waals surface area contributed by atoms with Gasteiger partial charge in [-0.15, -0.1) is 0 Å². The molecule has 1 heterocycles. The lowest BCUT2D eigenvalue weighted by Crippen LogP contribution is -2.53. The Morgan fingerprint density at radius 1 is 1.12 bits per heavy atom. The molecule has 0 radical (unpaired) electrons. The first-order valence-electron chi connectivity index (χ1n) is 7.13. The highest BCUT2D eigenvalue weighted by atomic mass is 15.2. The predicted molar refractivity (Wildman–Crippen MR) is 69.7 cm³/mol. The Morgan fingerprint density at radius 2 is 1.88 bits per heavy atom. The van der Waals surface area contributed by atoms with Crippen molar-refractivity contribution in [2.24, 2.45) is 5.92 Å². The normalized spacial score (nSPS) is 35.4. The van der Waals surface area contributed by atoms with Crippen molar-refractivity contribution in [2.45, 2.75) is 70.5 Å². The van der Waals surface area contributed by atoms with E-state index < -0.39 is 0 Å². The quantitative estimate of drug-likeness (QED) is 0.793. The standard InChI is InChI=1S/C14H28N2/c1-11(2)16(3)10-13-9-8-12-6-4-5-7-14(12)15-13/h11-15H,4-10H2,1-3H3. The van der Waals surface area contributed by atoms with E-state index >= 15 is 0 Å². The summed E-state index contributed by atoms with van der Waals surface area (Å²) in [5.41, 5.74) is 0. The summed E-state index contributed by atoms with van der Waals surface area (Å²) in [5, 5.41) is 3.90. The van der Waals surface area contributed by atoms with E-state index in [1.54, 1.807) is 0 Å². The summed E-state index contributed by atoms with van der Waals surface area (Å²) in [6.07, 6.45) is 8.67. The Labute approximate surface area is 101 Å². The molecule has 2 fully saturated rings. The van der Waals surface area contributed by atoms with Gasteiger partial charge in [0, 0.05) is 24.7 Å². The fourth-order valence-electron chi connectivity index (χ4n) is 3.28. The van der Waals surface area contributed by atoms with E-state index in [1.807, 2.05) is 0 Å². The number of nitrogens with zero attached hydrogens (tertiary/aromatic N) is 1. The van der Waals surface area contributed by atoms with Gasteiger partial charge in [0.05, 0.1) is 0 Å². The molecule has 1 saturated heterocycles. The number of nitrogens with one attached hydrogen (secondary N) is 1. The van der Waals surface area contributed by atoms with Gasteiger partial charge in [-0.05, 0) is 52.5 Å². The maximum absolute atomic E-state index is 3.90. The Balaban J connectivity index is 1.80. The van der Waals surface area contributed by atoms with E-state index in [0.717, 1.165) is 18.0 Å². The molecule has 1 aliphatic heterocycles. The van der Waals surface area contributed by atoms with E-state index in [4.69, 9.17) is 0 Å². The van der Waals surface area contributed by atoms with Crippen molar-refractivity contribution >= 4 is 0 Å². The third-order valence-electron chi connectivity index (χ3n) is 4.63. The topological polar surface area (TPSA) is 15.3 Å². The van der Waals surface area contributed by atoms with Crippen molar-refractivity contribution in [1.29, 1.82) is 0 Å². The zero-order valence-electron chi connectivity index (χ0n) is 11.2. The minimum Gasteiger partial charge on any atom is -0.310 e. The fourth-order valence-corrected chi connectivity index (χ4v) is 3.28. The van der Waals surface area contributed by atoms with Gasteiger partial charge in [-0.3, -0.25) is 0 Å². The maximum Gasteiger partial charge on any atom is 0.0197 e. The molecule has 0 spiro atoms. The van der Waals surface area contributed by atoms with Crippen molar-refractivity contribution in [3.05, 3.63) is 0 Å². The molecule has 1 aliphatic carbocycles. The molecule has 2 aliphatic rings. The van der Waals surface area contributed by atoms with Crippen LogP contribution < -0.4 is 5.32 Å². The Kier molecular flexibility index (Phi) is 4.26. The van der Waals surface area contributed by atoms with Gasteiger partial charge in [0.1, 0.15) is 0 Å².